The van der Waals surface area contributed by atoms with Gasteiger partial charge in [-0.1, -0.05) is 24.3 Å². The summed E-state index contributed by atoms with van der Waals surface area (Å²) in [6.07, 6.45) is -0.327. The van der Waals surface area contributed by atoms with Crippen molar-refractivity contribution in [3.05, 3.63) is 35.4 Å². The topological polar surface area (TPSA) is 92.9 Å². The molecule has 22 heavy (non-hydrogen) atoms. The van der Waals surface area contributed by atoms with E-state index in [9.17, 15) is 14.7 Å². The molecule has 3 N–H and O–H groups in total. The molecular formula is C16H22N2O4. The molecule has 2 rings (SSSR count). The minimum absolute atomic E-state index is 0.0606. The van der Waals surface area contributed by atoms with Gasteiger partial charge in [-0.25, -0.2) is 0 Å². The third-order valence-corrected chi connectivity index (χ3v) is 3.98. The number of nitrogens with zero attached hydrogens (tertiary/aromatic N) is 1. The molecule has 1 heterocycles. The predicted octanol–water partition coefficient (Wildman–Crippen LogP) is 0.0702. The lowest BCUT2D eigenvalue weighted by Gasteiger charge is -2.17. The maximum atomic E-state index is 12.4. The Balaban J connectivity index is 2.00. The lowest BCUT2D eigenvalue weighted by atomic mass is 10.0. The summed E-state index contributed by atoms with van der Waals surface area (Å²) in [5, 5.41) is 9.94. The molecule has 0 saturated carbocycles. The molecule has 6 nitrogen and oxygen atoms in total. The van der Waals surface area contributed by atoms with Crippen LogP contribution in [0.5, 0.6) is 0 Å². The summed E-state index contributed by atoms with van der Waals surface area (Å²) in [5.41, 5.74) is 7.06. The minimum atomic E-state index is -0.689. The SMILES string of the molecule is COCc1ccccc1CC(=O)N1C[C@@H](CC(N)=O)[C@H](O)C1. The third-order valence-electron chi connectivity index (χ3n) is 3.98. The van der Waals surface area contributed by atoms with Gasteiger partial charge >= 0.3 is 0 Å². The zero-order chi connectivity index (χ0) is 16.1. The van der Waals surface area contributed by atoms with Crippen molar-refractivity contribution in [3.8, 4) is 0 Å². The molecule has 2 amide bonds. The second-order valence-corrected chi connectivity index (χ2v) is 5.68. The largest absolute Gasteiger partial charge is 0.391 e. The highest BCUT2D eigenvalue weighted by Crippen LogP contribution is 2.21. The molecule has 1 fully saturated rings. The van der Waals surface area contributed by atoms with E-state index >= 15 is 0 Å². The summed E-state index contributed by atoms with van der Waals surface area (Å²) >= 11 is 0. The Morgan fingerprint density at radius 2 is 2.00 bits per heavy atom. The summed E-state index contributed by atoms with van der Waals surface area (Å²) in [7, 11) is 1.61. The smallest absolute Gasteiger partial charge is 0.227 e. The number of primary amides is 1. The number of rotatable bonds is 6. The first-order valence-corrected chi connectivity index (χ1v) is 7.31. The highest BCUT2D eigenvalue weighted by atomic mass is 16.5. The second kappa shape index (κ2) is 7.38. The Morgan fingerprint density at radius 3 is 2.64 bits per heavy atom. The lowest BCUT2D eigenvalue weighted by Crippen LogP contribution is -2.31. The number of carbonyl (C=O) groups is 2. The monoisotopic (exact) mass is 306 g/mol. The van der Waals surface area contributed by atoms with Crippen LogP contribution in [0.1, 0.15) is 17.5 Å². The standard InChI is InChI=1S/C16H22N2O4/c1-22-10-12-5-3-2-4-11(12)7-16(21)18-8-13(6-15(17)20)14(19)9-18/h2-5,13-14,19H,6-10H2,1H3,(H2,17,20)/t13-,14-/m1/s1. The number of amides is 2. The highest BCUT2D eigenvalue weighted by molar-refractivity contribution is 5.80. The van der Waals surface area contributed by atoms with Crippen LogP contribution in [0, 0.1) is 5.92 Å². The fourth-order valence-corrected chi connectivity index (χ4v) is 2.82. The van der Waals surface area contributed by atoms with E-state index in [4.69, 9.17) is 10.5 Å². The second-order valence-electron chi connectivity index (χ2n) is 5.68. The van der Waals surface area contributed by atoms with Crippen molar-refractivity contribution >= 4 is 11.8 Å². The fourth-order valence-electron chi connectivity index (χ4n) is 2.82. The number of aliphatic hydroxyl groups excluding tert-OH is 1. The number of benzene rings is 1. The molecule has 1 aromatic rings. The predicted molar refractivity (Wildman–Crippen MR) is 80.7 cm³/mol. The minimum Gasteiger partial charge on any atom is -0.391 e. The van der Waals surface area contributed by atoms with Crippen molar-refractivity contribution in [2.24, 2.45) is 11.7 Å². The summed E-state index contributed by atoms with van der Waals surface area (Å²) in [4.78, 5) is 25.0. The van der Waals surface area contributed by atoms with E-state index in [0.29, 0.717) is 13.2 Å². The van der Waals surface area contributed by atoms with Gasteiger partial charge in [-0.05, 0) is 11.1 Å². The molecule has 1 aliphatic heterocycles. The molecule has 1 aliphatic rings. The molecule has 6 heteroatoms. The molecule has 1 saturated heterocycles. The number of hydrogen-bond donors (Lipinski definition) is 2. The third kappa shape index (κ3) is 4.05. The van der Waals surface area contributed by atoms with Gasteiger partial charge < -0.3 is 20.5 Å². The van der Waals surface area contributed by atoms with Gasteiger partial charge in [0.25, 0.3) is 0 Å². The van der Waals surface area contributed by atoms with Crippen molar-refractivity contribution in [1.29, 1.82) is 0 Å². The van der Waals surface area contributed by atoms with Gasteiger partial charge in [-0.2, -0.15) is 0 Å². The van der Waals surface area contributed by atoms with Gasteiger partial charge in [0, 0.05) is 32.5 Å². The van der Waals surface area contributed by atoms with Crippen molar-refractivity contribution < 1.29 is 19.4 Å². The van der Waals surface area contributed by atoms with Gasteiger partial charge in [-0.15, -0.1) is 0 Å². The van der Waals surface area contributed by atoms with Crippen LogP contribution in [0.2, 0.25) is 0 Å². The fraction of sp³-hybridized carbons (Fsp3) is 0.500. The van der Waals surface area contributed by atoms with E-state index in [0.717, 1.165) is 11.1 Å². The Morgan fingerprint density at radius 1 is 1.32 bits per heavy atom. The van der Waals surface area contributed by atoms with Crippen molar-refractivity contribution in [3.63, 3.8) is 0 Å². The number of carbonyl (C=O) groups excluding carboxylic acids is 2. The zero-order valence-electron chi connectivity index (χ0n) is 12.7. The first kappa shape index (κ1) is 16.5. The first-order chi connectivity index (χ1) is 10.5. The summed E-state index contributed by atoms with van der Waals surface area (Å²) in [6, 6.07) is 7.63. The number of ether oxygens (including phenoxy) is 1. The van der Waals surface area contributed by atoms with Crippen LogP contribution in [-0.4, -0.2) is 48.1 Å². The molecule has 0 radical (unpaired) electrons. The number of β-amino-alcohol motifs (C(OH)–C–C–N with tert-alkyl or cyclic N) is 1. The summed E-state index contributed by atoms with van der Waals surface area (Å²) in [5.74, 6) is -0.783. The lowest BCUT2D eigenvalue weighted by molar-refractivity contribution is -0.130. The van der Waals surface area contributed by atoms with Crippen LogP contribution in [0.15, 0.2) is 24.3 Å². The Kier molecular flexibility index (Phi) is 5.51. The van der Waals surface area contributed by atoms with Crippen molar-refractivity contribution in [1.82, 2.24) is 4.90 Å². The molecule has 0 bridgehead atoms. The zero-order valence-corrected chi connectivity index (χ0v) is 12.7. The van der Waals surface area contributed by atoms with Gasteiger partial charge in [0.2, 0.25) is 11.8 Å². The van der Waals surface area contributed by atoms with E-state index in [1.54, 1.807) is 12.0 Å². The Bertz CT molecular complexity index is 547. The molecule has 2 atom stereocenters. The maximum Gasteiger partial charge on any atom is 0.227 e. The highest BCUT2D eigenvalue weighted by Gasteiger charge is 2.34. The Hall–Kier alpha value is -1.92. The quantitative estimate of drug-likeness (QED) is 0.778. The van der Waals surface area contributed by atoms with E-state index in [2.05, 4.69) is 0 Å². The normalized spacial score (nSPS) is 21.1. The van der Waals surface area contributed by atoms with Crippen LogP contribution < -0.4 is 5.73 Å². The van der Waals surface area contributed by atoms with E-state index in [-0.39, 0.29) is 31.2 Å². The molecule has 120 valence electrons. The van der Waals surface area contributed by atoms with Crippen LogP contribution in [0.4, 0.5) is 0 Å². The average molecular weight is 306 g/mol. The number of nitrogens with two attached hydrogens (primary N) is 1. The summed E-state index contributed by atoms with van der Waals surface area (Å²) < 4.78 is 5.14. The van der Waals surface area contributed by atoms with Gasteiger partial charge in [0.05, 0.1) is 19.1 Å². The molecule has 0 spiro atoms. The Labute approximate surface area is 129 Å². The van der Waals surface area contributed by atoms with Crippen molar-refractivity contribution in [2.45, 2.75) is 25.6 Å². The molecule has 0 unspecified atom stereocenters. The van der Waals surface area contributed by atoms with Crippen molar-refractivity contribution in [2.75, 3.05) is 20.2 Å². The van der Waals surface area contributed by atoms with Gasteiger partial charge in [0.1, 0.15) is 0 Å². The number of hydrogen-bond acceptors (Lipinski definition) is 4. The molecular weight excluding hydrogens is 284 g/mol. The first-order valence-electron chi connectivity index (χ1n) is 7.31. The molecule has 1 aromatic carbocycles. The van der Waals surface area contributed by atoms with E-state index in [1.165, 1.54) is 0 Å². The van der Waals surface area contributed by atoms with Crippen LogP contribution >= 0.6 is 0 Å². The van der Waals surface area contributed by atoms with Crippen LogP contribution in [-0.2, 0) is 27.4 Å². The molecule has 0 aromatic heterocycles. The van der Waals surface area contributed by atoms with Crippen LogP contribution in [0.3, 0.4) is 0 Å². The molecule has 0 aliphatic carbocycles. The number of methoxy groups -OCH3 is 1. The van der Waals surface area contributed by atoms with Crippen LogP contribution in [0.25, 0.3) is 0 Å². The summed E-state index contributed by atoms with van der Waals surface area (Å²) in [6.45, 7) is 1.08. The van der Waals surface area contributed by atoms with Gasteiger partial charge in [0.15, 0.2) is 0 Å². The van der Waals surface area contributed by atoms with Gasteiger partial charge in [-0.3, -0.25) is 9.59 Å². The van der Waals surface area contributed by atoms with E-state index in [1.807, 2.05) is 24.3 Å². The maximum absolute atomic E-state index is 12.4. The van der Waals surface area contributed by atoms with E-state index < -0.39 is 12.0 Å². The number of likely N-dealkylation sites (tertiary alicyclic amines) is 1. The average Bonchev–Trinajstić information content (AvgIpc) is 2.82. The number of aliphatic hydroxyl groups is 1.